The smallest absolute Gasteiger partial charge is 0.198 e. The van der Waals surface area contributed by atoms with E-state index >= 15 is 0 Å². The summed E-state index contributed by atoms with van der Waals surface area (Å²) in [5.74, 6) is 0.606. The molecule has 1 heterocycles. The number of rotatable bonds is 2. The van der Waals surface area contributed by atoms with Crippen LogP contribution in [0.15, 0.2) is 40.9 Å². The molecule has 102 valence electrons. The molecule has 4 heteroatoms. The summed E-state index contributed by atoms with van der Waals surface area (Å²) in [6.07, 6.45) is 1.94. The fraction of sp³-hybridized carbons (Fsp3) is 0.188. The van der Waals surface area contributed by atoms with Gasteiger partial charge in [0, 0.05) is 10.0 Å². The van der Waals surface area contributed by atoms with E-state index in [-0.39, 0.29) is 5.78 Å². The van der Waals surface area contributed by atoms with Crippen LogP contribution in [0.2, 0.25) is 5.02 Å². The molecule has 3 rings (SSSR count). The van der Waals surface area contributed by atoms with Crippen LogP contribution in [-0.4, -0.2) is 12.4 Å². The lowest BCUT2D eigenvalue weighted by Gasteiger charge is -2.20. The minimum Gasteiger partial charge on any atom is -0.493 e. The Labute approximate surface area is 130 Å². The van der Waals surface area contributed by atoms with Crippen LogP contribution in [0.5, 0.6) is 5.75 Å². The van der Waals surface area contributed by atoms with Gasteiger partial charge in [0.1, 0.15) is 5.75 Å². The van der Waals surface area contributed by atoms with E-state index < -0.39 is 0 Å². The SMILES string of the molecule is O=C(c1cccc(Br)c1Cl)c1cccc2c1OCCC2. The highest BCUT2D eigenvalue weighted by molar-refractivity contribution is 9.10. The van der Waals surface area contributed by atoms with E-state index in [0.717, 1.165) is 22.9 Å². The zero-order valence-corrected chi connectivity index (χ0v) is 13.0. The largest absolute Gasteiger partial charge is 0.493 e. The highest BCUT2D eigenvalue weighted by Crippen LogP contribution is 2.33. The first kappa shape index (κ1) is 13.7. The number of ether oxygens (including phenoxy) is 1. The van der Waals surface area contributed by atoms with E-state index in [1.165, 1.54) is 0 Å². The van der Waals surface area contributed by atoms with Gasteiger partial charge in [-0.1, -0.05) is 29.8 Å². The molecule has 20 heavy (non-hydrogen) atoms. The Hall–Kier alpha value is -1.32. The maximum atomic E-state index is 12.7. The maximum absolute atomic E-state index is 12.7. The van der Waals surface area contributed by atoms with Crippen LogP contribution in [0.4, 0.5) is 0 Å². The van der Waals surface area contributed by atoms with Gasteiger partial charge < -0.3 is 4.74 Å². The number of halogens is 2. The molecule has 0 fully saturated rings. The number of carbonyl (C=O) groups excluding carboxylic acids is 1. The molecule has 0 aromatic heterocycles. The van der Waals surface area contributed by atoms with Crippen molar-refractivity contribution >= 4 is 33.3 Å². The second-order valence-electron chi connectivity index (χ2n) is 4.68. The summed E-state index contributed by atoms with van der Waals surface area (Å²) in [6, 6.07) is 11.1. The molecule has 0 spiro atoms. The monoisotopic (exact) mass is 350 g/mol. The molecular formula is C16H12BrClO2. The average Bonchev–Trinajstić information content (AvgIpc) is 2.49. The van der Waals surface area contributed by atoms with Gasteiger partial charge in [0.05, 0.1) is 17.2 Å². The predicted molar refractivity (Wildman–Crippen MR) is 82.8 cm³/mol. The molecule has 0 saturated heterocycles. The number of fused-ring (bicyclic) bond motifs is 1. The van der Waals surface area contributed by atoms with Crippen molar-refractivity contribution in [2.45, 2.75) is 12.8 Å². The molecule has 0 radical (unpaired) electrons. The standard InChI is InChI=1S/C16H12BrClO2/c17-13-8-2-6-11(14(13)18)15(19)12-7-1-4-10-5-3-9-20-16(10)12/h1-2,4,6-8H,3,5,9H2. The number of ketones is 1. The predicted octanol–water partition coefficient (Wildman–Crippen LogP) is 4.66. The number of aryl methyl sites for hydroxylation is 1. The molecule has 0 N–H and O–H groups in total. The van der Waals surface area contributed by atoms with Crippen LogP contribution >= 0.6 is 27.5 Å². The van der Waals surface area contributed by atoms with Crippen molar-refractivity contribution in [3.05, 3.63) is 62.6 Å². The lowest BCUT2D eigenvalue weighted by atomic mass is 9.97. The Morgan fingerprint density at radius 3 is 2.75 bits per heavy atom. The second kappa shape index (κ2) is 5.58. The normalized spacial score (nSPS) is 13.5. The summed E-state index contributed by atoms with van der Waals surface area (Å²) in [7, 11) is 0. The third-order valence-corrected chi connectivity index (χ3v) is 4.67. The number of benzene rings is 2. The molecule has 2 aromatic carbocycles. The molecule has 0 amide bonds. The Balaban J connectivity index is 2.09. The van der Waals surface area contributed by atoms with Crippen LogP contribution in [0.1, 0.15) is 27.9 Å². The van der Waals surface area contributed by atoms with Crippen LogP contribution in [0.3, 0.4) is 0 Å². The van der Waals surface area contributed by atoms with Gasteiger partial charge in [0.15, 0.2) is 5.78 Å². The minimum absolute atomic E-state index is 0.102. The topological polar surface area (TPSA) is 26.3 Å². The first-order chi connectivity index (χ1) is 9.68. The Kier molecular flexibility index (Phi) is 3.81. The summed E-state index contributed by atoms with van der Waals surface area (Å²) in [5.41, 5.74) is 2.17. The third kappa shape index (κ3) is 2.36. The molecule has 1 aliphatic heterocycles. The Morgan fingerprint density at radius 2 is 1.90 bits per heavy atom. The van der Waals surface area contributed by atoms with Crippen molar-refractivity contribution in [1.29, 1.82) is 0 Å². The molecule has 1 aliphatic rings. The van der Waals surface area contributed by atoms with Crippen molar-refractivity contribution in [3.63, 3.8) is 0 Å². The summed E-state index contributed by atoms with van der Waals surface area (Å²) in [6.45, 7) is 0.656. The van der Waals surface area contributed by atoms with Gasteiger partial charge in [0.2, 0.25) is 0 Å². The second-order valence-corrected chi connectivity index (χ2v) is 5.91. The summed E-state index contributed by atoms with van der Waals surface area (Å²) in [4.78, 5) is 12.7. The van der Waals surface area contributed by atoms with E-state index in [2.05, 4.69) is 15.9 Å². The van der Waals surface area contributed by atoms with Crippen molar-refractivity contribution in [2.24, 2.45) is 0 Å². The zero-order chi connectivity index (χ0) is 14.1. The lowest BCUT2D eigenvalue weighted by molar-refractivity contribution is 0.103. The van der Waals surface area contributed by atoms with Crippen LogP contribution in [0.25, 0.3) is 0 Å². The molecule has 2 nitrogen and oxygen atoms in total. The van der Waals surface area contributed by atoms with Crippen molar-refractivity contribution in [3.8, 4) is 5.75 Å². The maximum Gasteiger partial charge on any atom is 0.198 e. The molecule has 0 saturated carbocycles. The van der Waals surface area contributed by atoms with Gasteiger partial charge in [0.25, 0.3) is 0 Å². The number of hydrogen-bond donors (Lipinski definition) is 0. The molecule has 0 atom stereocenters. The van der Waals surface area contributed by atoms with E-state index in [1.807, 2.05) is 18.2 Å². The minimum atomic E-state index is -0.102. The van der Waals surface area contributed by atoms with Crippen LogP contribution < -0.4 is 4.74 Å². The molecule has 2 aromatic rings. The first-order valence-electron chi connectivity index (χ1n) is 6.42. The zero-order valence-electron chi connectivity index (χ0n) is 10.7. The van der Waals surface area contributed by atoms with Gasteiger partial charge in [-0.2, -0.15) is 0 Å². The highest BCUT2D eigenvalue weighted by Gasteiger charge is 2.22. The van der Waals surface area contributed by atoms with Gasteiger partial charge in [-0.3, -0.25) is 4.79 Å². The van der Waals surface area contributed by atoms with Gasteiger partial charge in [-0.15, -0.1) is 0 Å². The van der Waals surface area contributed by atoms with Gasteiger partial charge >= 0.3 is 0 Å². The van der Waals surface area contributed by atoms with E-state index in [1.54, 1.807) is 18.2 Å². The molecule has 0 aliphatic carbocycles. The van der Waals surface area contributed by atoms with Crippen molar-refractivity contribution in [1.82, 2.24) is 0 Å². The van der Waals surface area contributed by atoms with E-state index in [0.29, 0.717) is 28.5 Å². The first-order valence-corrected chi connectivity index (χ1v) is 7.59. The van der Waals surface area contributed by atoms with E-state index in [4.69, 9.17) is 16.3 Å². The fourth-order valence-electron chi connectivity index (χ4n) is 2.39. The summed E-state index contributed by atoms with van der Waals surface area (Å²) in [5, 5.41) is 0.436. The number of para-hydroxylation sites is 1. The Bertz CT molecular complexity index is 682. The van der Waals surface area contributed by atoms with Gasteiger partial charge in [-0.25, -0.2) is 0 Å². The highest BCUT2D eigenvalue weighted by atomic mass is 79.9. The van der Waals surface area contributed by atoms with Crippen LogP contribution in [-0.2, 0) is 6.42 Å². The lowest BCUT2D eigenvalue weighted by Crippen LogP contribution is -2.13. The van der Waals surface area contributed by atoms with E-state index in [9.17, 15) is 4.79 Å². The number of carbonyl (C=O) groups is 1. The van der Waals surface area contributed by atoms with Crippen molar-refractivity contribution in [2.75, 3.05) is 6.61 Å². The quantitative estimate of drug-likeness (QED) is 0.736. The molecule has 0 unspecified atom stereocenters. The number of hydrogen-bond acceptors (Lipinski definition) is 2. The van der Waals surface area contributed by atoms with Crippen molar-refractivity contribution < 1.29 is 9.53 Å². The van der Waals surface area contributed by atoms with Crippen LogP contribution in [0, 0.1) is 0 Å². The molecular weight excluding hydrogens is 340 g/mol. The summed E-state index contributed by atoms with van der Waals surface area (Å²) >= 11 is 9.56. The fourth-order valence-corrected chi connectivity index (χ4v) is 2.97. The Morgan fingerprint density at radius 1 is 1.15 bits per heavy atom. The molecule has 0 bridgehead atoms. The average molecular weight is 352 g/mol. The van der Waals surface area contributed by atoms with Gasteiger partial charge in [-0.05, 0) is 52.5 Å². The third-order valence-electron chi connectivity index (χ3n) is 3.37. The summed E-state index contributed by atoms with van der Waals surface area (Å²) < 4.78 is 6.41.